The van der Waals surface area contributed by atoms with Crippen LogP contribution < -0.4 is 11.3 Å². The molecule has 0 aliphatic rings. The van der Waals surface area contributed by atoms with E-state index in [1.54, 1.807) is 14.2 Å². The Labute approximate surface area is 93.5 Å². The average molecular weight is 218 g/mol. The molecule has 92 valence electrons. The van der Waals surface area contributed by atoms with Gasteiger partial charge >= 0.3 is 0 Å². The van der Waals surface area contributed by atoms with Crippen LogP contribution in [0.5, 0.6) is 0 Å². The van der Waals surface area contributed by atoms with Crippen LogP contribution >= 0.6 is 0 Å². The fourth-order valence-corrected chi connectivity index (χ4v) is 1.60. The molecule has 0 fully saturated rings. The van der Waals surface area contributed by atoms with E-state index >= 15 is 0 Å². The van der Waals surface area contributed by atoms with Crippen LogP contribution in [-0.4, -0.2) is 32.0 Å². The predicted molar refractivity (Wildman–Crippen MR) is 62.5 cm³/mol. The Bertz CT molecular complexity index is 159. The van der Waals surface area contributed by atoms with Gasteiger partial charge in [0.25, 0.3) is 0 Å². The molecule has 0 spiro atoms. The second kappa shape index (κ2) is 7.17. The van der Waals surface area contributed by atoms with Crippen molar-refractivity contribution in [3.8, 4) is 0 Å². The predicted octanol–water partition coefficient (Wildman–Crippen LogP) is 1.45. The lowest BCUT2D eigenvalue weighted by atomic mass is 9.95. The lowest BCUT2D eigenvalue weighted by molar-refractivity contribution is 0.00179. The molecule has 4 nitrogen and oxygen atoms in total. The third kappa shape index (κ3) is 5.47. The molecule has 0 amide bonds. The molecule has 0 heterocycles. The first kappa shape index (κ1) is 14.8. The van der Waals surface area contributed by atoms with Gasteiger partial charge < -0.3 is 9.47 Å². The third-order valence-electron chi connectivity index (χ3n) is 2.98. The van der Waals surface area contributed by atoms with Gasteiger partial charge in [0.1, 0.15) is 0 Å². The summed E-state index contributed by atoms with van der Waals surface area (Å²) in [4.78, 5) is 0. The molecule has 3 N–H and O–H groups in total. The van der Waals surface area contributed by atoms with E-state index < -0.39 is 0 Å². The van der Waals surface area contributed by atoms with Crippen molar-refractivity contribution in [1.29, 1.82) is 0 Å². The van der Waals surface area contributed by atoms with Gasteiger partial charge in [-0.2, -0.15) is 0 Å². The maximum Gasteiger partial charge on any atom is 0.0735 e. The highest BCUT2D eigenvalue weighted by Gasteiger charge is 2.23. The van der Waals surface area contributed by atoms with Crippen LogP contribution in [0.15, 0.2) is 0 Å². The minimum absolute atomic E-state index is 0.0961. The molecule has 4 heteroatoms. The molecule has 0 aromatic carbocycles. The number of hydrogen-bond acceptors (Lipinski definition) is 4. The highest BCUT2D eigenvalue weighted by molar-refractivity contribution is 4.78. The number of nitrogens with two attached hydrogens (primary N) is 1. The Morgan fingerprint density at radius 3 is 2.27 bits per heavy atom. The molecule has 0 aliphatic carbocycles. The first-order valence-electron chi connectivity index (χ1n) is 5.54. The Hall–Kier alpha value is -0.160. The monoisotopic (exact) mass is 218 g/mol. The molecule has 2 atom stereocenters. The number of nitrogens with one attached hydrogen (secondary N) is 1. The second-order valence-corrected chi connectivity index (χ2v) is 4.46. The molecule has 0 bridgehead atoms. The summed E-state index contributed by atoms with van der Waals surface area (Å²) in [6, 6.07) is 0.189. The zero-order valence-electron chi connectivity index (χ0n) is 10.7. The Kier molecular flexibility index (Phi) is 7.09. The van der Waals surface area contributed by atoms with E-state index in [0.29, 0.717) is 0 Å². The number of hydrazine groups is 1. The molecule has 0 rings (SSSR count). The summed E-state index contributed by atoms with van der Waals surface area (Å²) in [6.07, 6.45) is 3.03. The zero-order valence-corrected chi connectivity index (χ0v) is 10.7. The van der Waals surface area contributed by atoms with Gasteiger partial charge in [0.2, 0.25) is 0 Å². The summed E-state index contributed by atoms with van der Waals surface area (Å²) in [6.45, 7) is 6.25. The van der Waals surface area contributed by atoms with Crippen LogP contribution in [0.25, 0.3) is 0 Å². The van der Waals surface area contributed by atoms with Gasteiger partial charge in [0, 0.05) is 20.3 Å². The van der Waals surface area contributed by atoms with Gasteiger partial charge in [0.05, 0.1) is 11.7 Å². The van der Waals surface area contributed by atoms with Crippen molar-refractivity contribution in [2.45, 2.75) is 57.8 Å². The Balaban J connectivity index is 4.10. The molecule has 0 aromatic heterocycles. The molecule has 0 aromatic rings. The van der Waals surface area contributed by atoms with Crippen LogP contribution in [0, 0.1) is 0 Å². The van der Waals surface area contributed by atoms with E-state index in [1.165, 1.54) is 0 Å². The van der Waals surface area contributed by atoms with Crippen LogP contribution in [0.2, 0.25) is 0 Å². The molecule has 0 saturated heterocycles. The Morgan fingerprint density at radius 1 is 1.33 bits per heavy atom. The number of methoxy groups -OCH3 is 2. The average Bonchev–Trinajstić information content (AvgIpc) is 2.24. The van der Waals surface area contributed by atoms with Gasteiger partial charge in [-0.15, -0.1) is 0 Å². The summed E-state index contributed by atoms with van der Waals surface area (Å²) in [5, 5.41) is 0. The van der Waals surface area contributed by atoms with Crippen molar-refractivity contribution < 1.29 is 9.47 Å². The van der Waals surface area contributed by atoms with Crippen molar-refractivity contribution in [3.05, 3.63) is 0 Å². The molecule has 2 unspecified atom stereocenters. The fourth-order valence-electron chi connectivity index (χ4n) is 1.60. The van der Waals surface area contributed by atoms with E-state index in [1.807, 2.05) is 0 Å². The maximum absolute atomic E-state index is 5.52. The normalized spacial score (nSPS) is 16.4. The Morgan fingerprint density at radius 2 is 1.93 bits per heavy atom. The molecule has 0 radical (unpaired) electrons. The number of hydrogen-bond donors (Lipinski definition) is 2. The minimum Gasteiger partial charge on any atom is -0.380 e. The van der Waals surface area contributed by atoms with E-state index in [4.69, 9.17) is 15.3 Å². The topological polar surface area (TPSA) is 56.5 Å². The van der Waals surface area contributed by atoms with Gasteiger partial charge in [-0.1, -0.05) is 6.92 Å². The fraction of sp³-hybridized carbons (Fsp3) is 1.00. The molecule has 15 heavy (non-hydrogen) atoms. The van der Waals surface area contributed by atoms with Crippen LogP contribution in [0.4, 0.5) is 0 Å². The maximum atomic E-state index is 5.52. The molecule has 0 saturated carbocycles. The first-order chi connectivity index (χ1) is 7.00. The highest BCUT2D eigenvalue weighted by Crippen LogP contribution is 2.19. The number of ether oxygens (including phenoxy) is 2. The molecular formula is C11H26N2O2. The van der Waals surface area contributed by atoms with E-state index in [2.05, 4.69) is 26.2 Å². The summed E-state index contributed by atoms with van der Waals surface area (Å²) in [5.41, 5.74) is 2.72. The van der Waals surface area contributed by atoms with Crippen molar-refractivity contribution in [2.75, 3.05) is 14.2 Å². The largest absolute Gasteiger partial charge is 0.380 e. The van der Waals surface area contributed by atoms with Crippen molar-refractivity contribution >= 4 is 0 Å². The number of rotatable bonds is 8. The van der Waals surface area contributed by atoms with Crippen molar-refractivity contribution in [3.63, 3.8) is 0 Å². The van der Waals surface area contributed by atoms with Gasteiger partial charge in [-0.3, -0.25) is 11.3 Å². The summed E-state index contributed by atoms with van der Waals surface area (Å²) >= 11 is 0. The summed E-state index contributed by atoms with van der Waals surface area (Å²) in [7, 11) is 3.46. The lowest BCUT2D eigenvalue weighted by Crippen LogP contribution is -2.45. The van der Waals surface area contributed by atoms with Gasteiger partial charge in [-0.05, 0) is 33.1 Å². The molecule has 0 aliphatic heterocycles. The van der Waals surface area contributed by atoms with Gasteiger partial charge in [-0.25, -0.2) is 0 Å². The first-order valence-corrected chi connectivity index (χ1v) is 5.54. The second-order valence-electron chi connectivity index (χ2n) is 4.46. The minimum atomic E-state index is -0.0961. The molecular weight excluding hydrogens is 192 g/mol. The van der Waals surface area contributed by atoms with E-state index in [9.17, 15) is 0 Å². The quantitative estimate of drug-likeness (QED) is 0.478. The van der Waals surface area contributed by atoms with Crippen LogP contribution in [-0.2, 0) is 9.47 Å². The lowest BCUT2D eigenvalue weighted by Gasteiger charge is -2.29. The van der Waals surface area contributed by atoms with Crippen LogP contribution in [0.1, 0.15) is 40.0 Å². The van der Waals surface area contributed by atoms with E-state index in [0.717, 1.165) is 19.3 Å². The standard InChI is InChI=1S/C11H26N2O2/c1-6-10(14-4)9(13-12)7-8-11(2,3)15-5/h9-10,13H,6-8,12H2,1-5H3. The smallest absolute Gasteiger partial charge is 0.0735 e. The highest BCUT2D eigenvalue weighted by atomic mass is 16.5. The van der Waals surface area contributed by atoms with Gasteiger partial charge in [0.15, 0.2) is 0 Å². The van der Waals surface area contributed by atoms with Crippen LogP contribution in [0.3, 0.4) is 0 Å². The summed E-state index contributed by atoms with van der Waals surface area (Å²) in [5.74, 6) is 5.52. The third-order valence-corrected chi connectivity index (χ3v) is 2.98. The zero-order chi connectivity index (χ0) is 11.9. The van der Waals surface area contributed by atoms with Crippen molar-refractivity contribution in [1.82, 2.24) is 5.43 Å². The van der Waals surface area contributed by atoms with Crippen molar-refractivity contribution in [2.24, 2.45) is 5.84 Å². The summed E-state index contributed by atoms with van der Waals surface area (Å²) < 4.78 is 10.7. The van der Waals surface area contributed by atoms with E-state index in [-0.39, 0.29) is 17.7 Å². The SMILES string of the molecule is CCC(OC)C(CCC(C)(C)OC)NN.